The monoisotopic (exact) mass is 570 g/mol. The summed E-state index contributed by atoms with van der Waals surface area (Å²) in [4.78, 5) is 56.0. The molecule has 3 aromatic rings. The molecular formula is C32H38N6O4. The van der Waals surface area contributed by atoms with Crippen molar-refractivity contribution in [1.29, 1.82) is 0 Å². The second-order valence-corrected chi connectivity index (χ2v) is 11.0. The summed E-state index contributed by atoms with van der Waals surface area (Å²) in [6, 6.07) is 11.7. The van der Waals surface area contributed by atoms with Crippen molar-refractivity contribution in [2.24, 2.45) is 5.92 Å². The number of likely N-dealkylation sites (tertiary alicyclic amines) is 1. The van der Waals surface area contributed by atoms with Gasteiger partial charge in [-0.05, 0) is 61.9 Å². The number of ether oxygens (including phenoxy) is 1. The molecule has 10 nitrogen and oxygen atoms in total. The molecule has 0 radical (unpaired) electrons. The van der Waals surface area contributed by atoms with Gasteiger partial charge < -0.3 is 19.9 Å². The predicted octanol–water partition coefficient (Wildman–Crippen LogP) is 3.18. The van der Waals surface area contributed by atoms with E-state index in [1.165, 1.54) is 11.8 Å². The normalized spacial score (nSPS) is 19.3. The number of aryl methyl sites for hydroxylation is 2. The Bertz CT molecular complexity index is 1370. The Morgan fingerprint density at radius 3 is 2.69 bits per heavy atom. The first-order valence-corrected chi connectivity index (χ1v) is 14.7. The number of fused-ring (bicyclic) bond motifs is 4. The molecular weight excluding hydrogens is 532 g/mol. The number of unbranched alkanes of at least 4 members (excludes halogenated alkanes) is 1. The van der Waals surface area contributed by atoms with E-state index < -0.39 is 5.92 Å². The highest BCUT2D eigenvalue weighted by Gasteiger charge is 2.41. The van der Waals surface area contributed by atoms with Crippen molar-refractivity contribution >= 4 is 17.7 Å². The van der Waals surface area contributed by atoms with Gasteiger partial charge >= 0.3 is 0 Å². The largest absolute Gasteiger partial charge is 0.494 e. The molecule has 2 bridgehead atoms. The molecule has 2 aliphatic heterocycles. The van der Waals surface area contributed by atoms with E-state index in [0.717, 1.165) is 30.5 Å². The Morgan fingerprint density at radius 1 is 1.00 bits per heavy atom. The fourth-order valence-corrected chi connectivity index (χ4v) is 5.63. The lowest BCUT2D eigenvalue weighted by atomic mass is 9.88. The first-order valence-electron chi connectivity index (χ1n) is 14.7. The molecule has 5 rings (SSSR count). The number of carbonyl (C=O) groups is 3. The van der Waals surface area contributed by atoms with E-state index in [1.54, 1.807) is 17.3 Å². The number of pyridine rings is 1. The molecule has 2 atom stereocenters. The minimum atomic E-state index is -0.442. The highest BCUT2D eigenvalue weighted by molar-refractivity contribution is 5.93. The lowest BCUT2D eigenvalue weighted by Crippen LogP contribution is -2.42. The molecule has 4 heterocycles. The molecule has 3 amide bonds. The molecule has 1 fully saturated rings. The summed E-state index contributed by atoms with van der Waals surface area (Å²) in [7, 11) is 0. The van der Waals surface area contributed by atoms with E-state index in [1.807, 2.05) is 48.4 Å². The number of aromatic nitrogens is 3. The van der Waals surface area contributed by atoms with E-state index in [9.17, 15) is 14.4 Å². The summed E-state index contributed by atoms with van der Waals surface area (Å²) in [6.07, 6.45) is 10.4. The quantitative estimate of drug-likeness (QED) is 0.453. The van der Waals surface area contributed by atoms with Crippen LogP contribution < -0.4 is 10.1 Å². The Labute approximate surface area is 246 Å². The molecule has 1 saturated heterocycles. The zero-order valence-corrected chi connectivity index (χ0v) is 24.1. The Morgan fingerprint density at radius 2 is 1.88 bits per heavy atom. The average Bonchev–Trinajstić information content (AvgIpc) is 3.46. The Balaban J connectivity index is 1.24. The fraction of sp³-hybridized carbons (Fsp3) is 0.438. The number of carbonyl (C=O) groups excluding carboxylic acids is 3. The minimum absolute atomic E-state index is 0.0826. The van der Waals surface area contributed by atoms with Crippen molar-refractivity contribution < 1.29 is 19.1 Å². The van der Waals surface area contributed by atoms with Crippen LogP contribution in [-0.4, -0.2) is 81.8 Å². The van der Waals surface area contributed by atoms with Crippen LogP contribution in [0.1, 0.15) is 58.9 Å². The van der Waals surface area contributed by atoms with E-state index in [2.05, 4.69) is 26.3 Å². The zero-order chi connectivity index (χ0) is 29.3. The van der Waals surface area contributed by atoms with Gasteiger partial charge in [0.2, 0.25) is 11.8 Å². The third kappa shape index (κ3) is 7.48. The molecule has 1 N–H and O–H groups in total. The van der Waals surface area contributed by atoms with Crippen LogP contribution in [0.5, 0.6) is 5.75 Å². The van der Waals surface area contributed by atoms with Crippen molar-refractivity contribution in [2.45, 2.75) is 44.9 Å². The molecule has 2 aromatic heterocycles. The van der Waals surface area contributed by atoms with Crippen LogP contribution in [0.2, 0.25) is 0 Å². The van der Waals surface area contributed by atoms with Crippen LogP contribution in [0.15, 0.2) is 61.2 Å². The van der Waals surface area contributed by atoms with Gasteiger partial charge in [-0.2, -0.15) is 0 Å². The number of amides is 3. The fourth-order valence-electron chi connectivity index (χ4n) is 5.63. The first kappa shape index (κ1) is 29.2. The van der Waals surface area contributed by atoms with Crippen LogP contribution in [0.3, 0.4) is 0 Å². The number of benzene rings is 1. The van der Waals surface area contributed by atoms with Crippen molar-refractivity contribution in [3.8, 4) is 5.75 Å². The standard InChI is InChI=1S/C32H38N6O4/c1-23-18-36-29(20-35-23)32(41)38-21-27-25-9-4-10-26(17-25)42-16-6-14-37(15-13-34-31(40)28(27)22-38)30(39)11-3-2-7-24-8-5-12-33-19-24/h4-5,8-10,12,17-20,27-28H,2-3,6-7,11,13-16,21-22H2,1H3,(H,34,40)/t27-,28+/m1/s1. The highest BCUT2D eigenvalue weighted by atomic mass is 16.5. The molecule has 10 heteroatoms. The molecule has 0 spiro atoms. The van der Waals surface area contributed by atoms with Gasteiger partial charge in [-0.1, -0.05) is 18.2 Å². The summed E-state index contributed by atoms with van der Waals surface area (Å²) in [6.45, 7) is 4.29. The molecule has 1 aromatic carbocycles. The zero-order valence-electron chi connectivity index (χ0n) is 24.1. The van der Waals surface area contributed by atoms with Gasteiger partial charge in [0.1, 0.15) is 11.4 Å². The number of rotatable bonds is 6. The number of nitrogens with zero attached hydrogens (tertiary/aromatic N) is 5. The topological polar surface area (TPSA) is 118 Å². The van der Waals surface area contributed by atoms with Gasteiger partial charge in [-0.25, -0.2) is 4.98 Å². The highest BCUT2D eigenvalue weighted by Crippen LogP contribution is 2.35. The summed E-state index contributed by atoms with van der Waals surface area (Å²) < 4.78 is 6.05. The number of hydrogen-bond acceptors (Lipinski definition) is 7. The van der Waals surface area contributed by atoms with Gasteiger partial charge in [0, 0.05) is 63.7 Å². The summed E-state index contributed by atoms with van der Waals surface area (Å²) in [5, 5.41) is 3.06. The summed E-state index contributed by atoms with van der Waals surface area (Å²) in [5.41, 5.74) is 3.12. The molecule has 0 aliphatic carbocycles. The average molecular weight is 571 g/mol. The maximum atomic E-state index is 13.5. The van der Waals surface area contributed by atoms with Crippen molar-refractivity contribution in [1.82, 2.24) is 30.1 Å². The maximum absolute atomic E-state index is 13.5. The van der Waals surface area contributed by atoms with Crippen molar-refractivity contribution in [3.63, 3.8) is 0 Å². The lowest BCUT2D eigenvalue weighted by molar-refractivity contribution is -0.132. The van der Waals surface area contributed by atoms with E-state index >= 15 is 0 Å². The van der Waals surface area contributed by atoms with Gasteiger partial charge in [0.25, 0.3) is 5.91 Å². The van der Waals surface area contributed by atoms with Gasteiger partial charge in [0.05, 0.1) is 24.4 Å². The SMILES string of the molecule is Cc1cnc(C(=O)N2C[C@@H]3C(=O)NCCN(C(=O)CCCCc4cccnc4)CCCOc4cccc(c4)[C@H]3C2)cn1. The van der Waals surface area contributed by atoms with Gasteiger partial charge in [0.15, 0.2) is 0 Å². The molecule has 0 saturated carbocycles. The maximum Gasteiger partial charge on any atom is 0.274 e. The van der Waals surface area contributed by atoms with Crippen molar-refractivity contribution in [3.05, 3.63) is 83.7 Å². The smallest absolute Gasteiger partial charge is 0.274 e. The van der Waals surface area contributed by atoms with Crippen LogP contribution in [0.25, 0.3) is 0 Å². The lowest BCUT2D eigenvalue weighted by Gasteiger charge is -2.25. The molecule has 220 valence electrons. The number of hydrogen-bond donors (Lipinski definition) is 1. The van der Waals surface area contributed by atoms with Crippen LogP contribution >= 0.6 is 0 Å². The first-order chi connectivity index (χ1) is 20.5. The second-order valence-electron chi connectivity index (χ2n) is 11.0. The van der Waals surface area contributed by atoms with Crippen LogP contribution in [0.4, 0.5) is 0 Å². The van der Waals surface area contributed by atoms with E-state index in [4.69, 9.17) is 4.74 Å². The molecule has 42 heavy (non-hydrogen) atoms. The second kappa shape index (κ2) is 14.0. The van der Waals surface area contributed by atoms with Gasteiger partial charge in [-0.3, -0.25) is 24.4 Å². The third-order valence-corrected chi connectivity index (χ3v) is 7.93. The predicted molar refractivity (Wildman–Crippen MR) is 157 cm³/mol. The van der Waals surface area contributed by atoms with Crippen molar-refractivity contribution in [2.75, 3.05) is 39.3 Å². The summed E-state index contributed by atoms with van der Waals surface area (Å²) in [5.74, 6) is -0.213. The van der Waals surface area contributed by atoms with Gasteiger partial charge in [-0.15, -0.1) is 0 Å². The summed E-state index contributed by atoms with van der Waals surface area (Å²) >= 11 is 0. The molecule has 2 aliphatic rings. The van der Waals surface area contributed by atoms with Crippen LogP contribution in [-0.2, 0) is 16.0 Å². The van der Waals surface area contributed by atoms with E-state index in [-0.39, 0.29) is 35.9 Å². The van der Waals surface area contributed by atoms with Crippen LogP contribution in [0, 0.1) is 12.8 Å². The minimum Gasteiger partial charge on any atom is -0.494 e. The Hall–Kier alpha value is -4.34. The number of nitrogens with one attached hydrogen (secondary N) is 1. The Kier molecular flexibility index (Phi) is 9.74. The molecule has 0 unspecified atom stereocenters. The van der Waals surface area contributed by atoms with E-state index in [0.29, 0.717) is 51.4 Å². The third-order valence-electron chi connectivity index (χ3n) is 7.93.